The topological polar surface area (TPSA) is 12.0 Å². The fourth-order valence-corrected chi connectivity index (χ4v) is 5.63. The smallest absolute Gasteiger partial charge is 0.0302 e. The minimum absolute atomic E-state index is 0.470. The van der Waals surface area contributed by atoms with Crippen molar-refractivity contribution in [2.75, 3.05) is 0 Å². The Bertz CT molecular complexity index is 457. The third-order valence-electron chi connectivity index (χ3n) is 5.82. The van der Waals surface area contributed by atoms with Crippen LogP contribution in [0.5, 0.6) is 0 Å². The third kappa shape index (κ3) is 2.17. The molecule has 0 aromatic carbocycles. The van der Waals surface area contributed by atoms with E-state index in [1.807, 2.05) is 11.3 Å². The Labute approximate surface area is 121 Å². The van der Waals surface area contributed by atoms with Crippen LogP contribution in [-0.4, -0.2) is 6.04 Å². The van der Waals surface area contributed by atoms with Crippen molar-refractivity contribution in [3.05, 3.63) is 21.9 Å². The van der Waals surface area contributed by atoms with E-state index in [0.717, 1.165) is 12.5 Å². The van der Waals surface area contributed by atoms with Crippen molar-refractivity contribution in [2.24, 2.45) is 16.7 Å². The predicted octanol–water partition coefficient (Wildman–Crippen LogP) is 4.61. The first-order chi connectivity index (χ1) is 8.95. The minimum Gasteiger partial charge on any atom is -0.308 e. The lowest BCUT2D eigenvalue weighted by Crippen LogP contribution is -2.49. The number of aryl methyl sites for hydroxylation is 1. The molecule has 1 aromatic heterocycles. The van der Waals surface area contributed by atoms with Gasteiger partial charge in [0.15, 0.2) is 0 Å². The van der Waals surface area contributed by atoms with Gasteiger partial charge in [0.2, 0.25) is 0 Å². The van der Waals surface area contributed by atoms with Crippen molar-refractivity contribution in [2.45, 2.75) is 66.0 Å². The van der Waals surface area contributed by atoms with E-state index in [4.69, 9.17) is 0 Å². The van der Waals surface area contributed by atoms with Gasteiger partial charge in [-0.3, -0.25) is 0 Å². The number of hydrogen-bond donors (Lipinski definition) is 1. The largest absolute Gasteiger partial charge is 0.308 e. The van der Waals surface area contributed by atoms with Gasteiger partial charge in [0.25, 0.3) is 0 Å². The molecule has 2 bridgehead atoms. The molecule has 3 atom stereocenters. The van der Waals surface area contributed by atoms with Gasteiger partial charge in [0, 0.05) is 22.3 Å². The lowest BCUT2D eigenvalue weighted by Gasteiger charge is -2.43. The maximum Gasteiger partial charge on any atom is 0.0302 e. The number of fused-ring (bicyclic) bond motifs is 2. The zero-order chi connectivity index (χ0) is 13.7. The zero-order valence-electron chi connectivity index (χ0n) is 12.8. The molecule has 1 nitrogen and oxygen atoms in total. The Hall–Kier alpha value is -0.340. The van der Waals surface area contributed by atoms with Crippen LogP contribution in [0, 0.1) is 16.7 Å². The molecule has 3 rings (SSSR count). The maximum absolute atomic E-state index is 3.91. The Morgan fingerprint density at radius 1 is 1.26 bits per heavy atom. The van der Waals surface area contributed by atoms with Crippen LogP contribution in [0.2, 0.25) is 0 Å². The molecule has 0 amide bonds. The summed E-state index contributed by atoms with van der Waals surface area (Å²) < 4.78 is 0. The van der Waals surface area contributed by atoms with Crippen LogP contribution in [-0.2, 0) is 13.0 Å². The van der Waals surface area contributed by atoms with Gasteiger partial charge in [-0.2, -0.15) is 0 Å². The monoisotopic (exact) mass is 277 g/mol. The highest BCUT2D eigenvalue weighted by atomic mass is 32.1. The Balaban J connectivity index is 1.69. The van der Waals surface area contributed by atoms with Crippen LogP contribution in [0.4, 0.5) is 0 Å². The summed E-state index contributed by atoms with van der Waals surface area (Å²) in [4.78, 5) is 3.01. The highest BCUT2D eigenvalue weighted by Crippen LogP contribution is 2.62. The lowest BCUT2D eigenvalue weighted by molar-refractivity contribution is 0.108. The normalized spacial score (nSPS) is 36.0. The van der Waals surface area contributed by atoms with Crippen LogP contribution in [0.1, 0.15) is 56.7 Å². The summed E-state index contributed by atoms with van der Waals surface area (Å²) in [7, 11) is 0. The van der Waals surface area contributed by atoms with Crippen molar-refractivity contribution >= 4 is 11.3 Å². The van der Waals surface area contributed by atoms with Crippen molar-refractivity contribution in [3.63, 3.8) is 0 Å². The van der Waals surface area contributed by atoms with E-state index in [-0.39, 0.29) is 0 Å². The van der Waals surface area contributed by atoms with Gasteiger partial charge in [0.1, 0.15) is 0 Å². The van der Waals surface area contributed by atoms with Crippen molar-refractivity contribution < 1.29 is 0 Å². The molecule has 2 fully saturated rings. The lowest BCUT2D eigenvalue weighted by atomic mass is 9.68. The predicted molar refractivity (Wildman–Crippen MR) is 83.6 cm³/mol. The van der Waals surface area contributed by atoms with Gasteiger partial charge < -0.3 is 5.32 Å². The molecule has 0 spiro atoms. The molecule has 2 aliphatic carbocycles. The van der Waals surface area contributed by atoms with E-state index in [0.29, 0.717) is 16.9 Å². The molecule has 1 aromatic rings. The van der Waals surface area contributed by atoms with E-state index in [1.54, 1.807) is 0 Å². The zero-order valence-corrected chi connectivity index (χ0v) is 13.6. The second-order valence-corrected chi connectivity index (χ2v) is 8.70. The van der Waals surface area contributed by atoms with Gasteiger partial charge >= 0.3 is 0 Å². The SMILES string of the molecule is CCc1ccc(CNC2C3(C)CCC(C3)C2(C)C)s1. The molecule has 3 unspecified atom stereocenters. The maximum atomic E-state index is 3.91. The molecule has 0 saturated heterocycles. The fraction of sp³-hybridized carbons (Fsp3) is 0.765. The first-order valence-electron chi connectivity index (χ1n) is 7.77. The van der Waals surface area contributed by atoms with Gasteiger partial charge in [0.05, 0.1) is 0 Å². The van der Waals surface area contributed by atoms with Crippen molar-refractivity contribution in [1.29, 1.82) is 0 Å². The van der Waals surface area contributed by atoms with E-state index in [1.165, 1.54) is 35.4 Å². The number of rotatable bonds is 4. The molecule has 2 saturated carbocycles. The third-order valence-corrected chi connectivity index (χ3v) is 7.05. The molecule has 106 valence electrons. The van der Waals surface area contributed by atoms with Gasteiger partial charge in [-0.15, -0.1) is 11.3 Å². The van der Waals surface area contributed by atoms with Crippen LogP contribution in [0.25, 0.3) is 0 Å². The summed E-state index contributed by atoms with van der Waals surface area (Å²) in [5.41, 5.74) is 1.01. The van der Waals surface area contributed by atoms with E-state index in [9.17, 15) is 0 Å². The molecule has 0 aliphatic heterocycles. The fourth-order valence-electron chi connectivity index (χ4n) is 4.72. The average molecular weight is 277 g/mol. The molecule has 1 N–H and O–H groups in total. The number of thiophene rings is 1. The average Bonchev–Trinajstić information content (AvgIpc) is 2.99. The first-order valence-corrected chi connectivity index (χ1v) is 8.58. The van der Waals surface area contributed by atoms with Crippen LogP contribution < -0.4 is 5.32 Å². The molecular weight excluding hydrogens is 250 g/mol. The minimum atomic E-state index is 0.470. The van der Waals surface area contributed by atoms with Crippen molar-refractivity contribution in [3.8, 4) is 0 Å². The summed E-state index contributed by atoms with van der Waals surface area (Å²) in [5, 5.41) is 3.91. The summed E-state index contributed by atoms with van der Waals surface area (Å²) in [6, 6.07) is 5.28. The highest BCUT2D eigenvalue weighted by molar-refractivity contribution is 7.11. The number of hydrogen-bond acceptors (Lipinski definition) is 2. The van der Waals surface area contributed by atoms with E-state index in [2.05, 4.69) is 45.1 Å². The van der Waals surface area contributed by atoms with Crippen molar-refractivity contribution in [1.82, 2.24) is 5.32 Å². The summed E-state index contributed by atoms with van der Waals surface area (Å²) in [5.74, 6) is 0.935. The Morgan fingerprint density at radius 3 is 2.58 bits per heavy atom. The van der Waals surface area contributed by atoms with Crippen LogP contribution in [0.3, 0.4) is 0 Å². The number of nitrogens with one attached hydrogen (secondary N) is 1. The molecule has 2 heteroatoms. The highest BCUT2D eigenvalue weighted by Gasteiger charge is 2.58. The summed E-state index contributed by atoms with van der Waals surface area (Å²) in [6.45, 7) is 10.8. The van der Waals surface area contributed by atoms with E-state index >= 15 is 0 Å². The molecular formula is C17H27NS. The quantitative estimate of drug-likeness (QED) is 0.847. The van der Waals surface area contributed by atoms with Gasteiger partial charge in [-0.1, -0.05) is 27.7 Å². The van der Waals surface area contributed by atoms with Crippen LogP contribution >= 0.6 is 11.3 Å². The second kappa shape index (κ2) is 4.60. The second-order valence-electron chi connectivity index (χ2n) is 7.45. The first kappa shape index (κ1) is 13.6. The standard InChI is InChI=1S/C17H27NS/c1-5-13-6-7-14(19-13)11-18-15-16(2,3)12-8-9-17(15,4)10-12/h6-7,12,15,18H,5,8-11H2,1-4H3. The summed E-state index contributed by atoms with van der Waals surface area (Å²) in [6.07, 6.45) is 5.46. The molecule has 2 aliphatic rings. The molecule has 1 heterocycles. The Morgan fingerprint density at radius 2 is 2.00 bits per heavy atom. The molecule has 19 heavy (non-hydrogen) atoms. The Kier molecular flexibility index (Phi) is 3.30. The van der Waals surface area contributed by atoms with E-state index < -0.39 is 0 Å². The van der Waals surface area contributed by atoms with Crippen LogP contribution in [0.15, 0.2) is 12.1 Å². The van der Waals surface area contributed by atoms with Gasteiger partial charge in [-0.25, -0.2) is 0 Å². The summed E-state index contributed by atoms with van der Waals surface area (Å²) >= 11 is 1.97. The molecule has 0 radical (unpaired) electrons. The van der Waals surface area contributed by atoms with Gasteiger partial charge in [-0.05, 0) is 54.6 Å².